The van der Waals surface area contributed by atoms with Crippen LogP contribution in [0.5, 0.6) is 0 Å². The quantitative estimate of drug-likeness (QED) is 0.849. The molecule has 88 valence electrons. The summed E-state index contributed by atoms with van der Waals surface area (Å²) in [4.78, 5) is 0. The molecule has 1 nitrogen and oxygen atoms in total. The van der Waals surface area contributed by atoms with Crippen LogP contribution in [0.3, 0.4) is 0 Å². The summed E-state index contributed by atoms with van der Waals surface area (Å²) in [5.74, 6) is -0.189. The Labute approximate surface area is 101 Å². The van der Waals surface area contributed by atoms with E-state index in [0.717, 1.165) is 16.7 Å². The molecule has 0 amide bonds. The first kappa shape index (κ1) is 11.8. The minimum absolute atomic E-state index is 0.189. The molecule has 0 atom stereocenters. The Hall–Kier alpha value is -1.67. The van der Waals surface area contributed by atoms with Gasteiger partial charge in [0.25, 0.3) is 0 Å². The topological polar surface area (TPSA) is 12.0 Å². The lowest BCUT2D eigenvalue weighted by Crippen LogP contribution is -2.06. The normalized spacial score (nSPS) is 10.5. The van der Waals surface area contributed by atoms with Crippen molar-refractivity contribution < 1.29 is 4.39 Å². The van der Waals surface area contributed by atoms with Gasteiger partial charge in [0.15, 0.2) is 0 Å². The van der Waals surface area contributed by atoms with Gasteiger partial charge in [-0.15, -0.1) is 0 Å². The summed E-state index contributed by atoms with van der Waals surface area (Å²) in [6.07, 6.45) is 0. The lowest BCUT2D eigenvalue weighted by Gasteiger charge is -2.10. The molecule has 1 N–H and O–H groups in total. The average molecular weight is 229 g/mol. The molecule has 0 fully saturated rings. The van der Waals surface area contributed by atoms with E-state index in [9.17, 15) is 4.39 Å². The Morgan fingerprint density at radius 3 is 2.41 bits per heavy atom. The molecule has 0 radical (unpaired) electrons. The molecule has 0 bridgehead atoms. The minimum atomic E-state index is -0.189. The van der Waals surface area contributed by atoms with E-state index in [-0.39, 0.29) is 5.82 Å². The van der Waals surface area contributed by atoms with Gasteiger partial charge in [-0.25, -0.2) is 4.39 Å². The van der Waals surface area contributed by atoms with Crippen molar-refractivity contribution in [2.45, 2.75) is 13.5 Å². The van der Waals surface area contributed by atoms with E-state index in [0.29, 0.717) is 6.54 Å². The molecule has 0 heterocycles. The molecular formula is C15H16FN. The van der Waals surface area contributed by atoms with Gasteiger partial charge < -0.3 is 5.32 Å². The van der Waals surface area contributed by atoms with Crippen molar-refractivity contribution in [3.63, 3.8) is 0 Å². The predicted octanol–water partition coefficient (Wildman–Crippen LogP) is 3.52. The van der Waals surface area contributed by atoms with E-state index < -0.39 is 0 Å². The van der Waals surface area contributed by atoms with Crippen LogP contribution in [0, 0.1) is 12.7 Å². The van der Waals surface area contributed by atoms with E-state index in [4.69, 9.17) is 0 Å². The summed E-state index contributed by atoms with van der Waals surface area (Å²) in [7, 11) is 1.86. The van der Waals surface area contributed by atoms with Crippen LogP contribution < -0.4 is 5.32 Å². The summed E-state index contributed by atoms with van der Waals surface area (Å²) in [6, 6.07) is 13.2. The zero-order chi connectivity index (χ0) is 12.3. The number of aryl methyl sites for hydroxylation is 1. The highest BCUT2D eigenvalue weighted by Crippen LogP contribution is 2.24. The number of hydrogen-bond donors (Lipinski definition) is 1. The van der Waals surface area contributed by atoms with Gasteiger partial charge in [0, 0.05) is 6.54 Å². The second-order valence-corrected chi connectivity index (χ2v) is 4.20. The summed E-state index contributed by atoms with van der Waals surface area (Å²) in [5, 5.41) is 3.07. The SMILES string of the molecule is CNCc1cc(F)ccc1-c1ccc(C)cc1. The molecule has 17 heavy (non-hydrogen) atoms. The third kappa shape index (κ3) is 2.71. The van der Waals surface area contributed by atoms with E-state index in [1.807, 2.05) is 13.1 Å². The maximum atomic E-state index is 13.2. The van der Waals surface area contributed by atoms with E-state index in [2.05, 4.69) is 36.5 Å². The first-order valence-electron chi connectivity index (χ1n) is 5.71. The first-order valence-corrected chi connectivity index (χ1v) is 5.71. The van der Waals surface area contributed by atoms with Crippen molar-refractivity contribution in [3.05, 3.63) is 59.4 Å². The second kappa shape index (κ2) is 5.11. The van der Waals surface area contributed by atoms with Crippen LogP contribution in [0.4, 0.5) is 4.39 Å². The van der Waals surface area contributed by atoms with Crippen LogP contribution in [-0.4, -0.2) is 7.05 Å². The van der Waals surface area contributed by atoms with Crippen molar-refractivity contribution >= 4 is 0 Å². The standard InChI is InChI=1S/C15H16FN/c1-11-3-5-12(6-4-11)15-8-7-14(16)9-13(15)10-17-2/h3-9,17H,10H2,1-2H3. The van der Waals surface area contributed by atoms with Crippen LogP contribution >= 0.6 is 0 Å². The number of benzene rings is 2. The molecule has 2 heteroatoms. The smallest absolute Gasteiger partial charge is 0.123 e. The van der Waals surface area contributed by atoms with Crippen LogP contribution in [-0.2, 0) is 6.54 Å². The van der Waals surface area contributed by atoms with Gasteiger partial charge in [0.1, 0.15) is 5.82 Å². The van der Waals surface area contributed by atoms with Gasteiger partial charge in [-0.3, -0.25) is 0 Å². The fraction of sp³-hybridized carbons (Fsp3) is 0.200. The van der Waals surface area contributed by atoms with Gasteiger partial charge in [-0.1, -0.05) is 35.9 Å². The summed E-state index contributed by atoms with van der Waals surface area (Å²) in [5.41, 5.74) is 4.42. The molecule has 0 unspecified atom stereocenters. The Morgan fingerprint density at radius 1 is 1.06 bits per heavy atom. The summed E-state index contributed by atoms with van der Waals surface area (Å²) >= 11 is 0. The second-order valence-electron chi connectivity index (χ2n) is 4.20. The third-order valence-corrected chi connectivity index (χ3v) is 2.80. The molecule has 2 aromatic carbocycles. The fourth-order valence-corrected chi connectivity index (χ4v) is 1.91. The van der Waals surface area contributed by atoms with Gasteiger partial charge in [0.05, 0.1) is 0 Å². The Balaban J connectivity index is 2.46. The highest BCUT2D eigenvalue weighted by molar-refractivity contribution is 5.67. The van der Waals surface area contributed by atoms with Crippen molar-refractivity contribution in [1.29, 1.82) is 0 Å². The zero-order valence-corrected chi connectivity index (χ0v) is 10.1. The lowest BCUT2D eigenvalue weighted by molar-refractivity contribution is 0.624. The van der Waals surface area contributed by atoms with Gasteiger partial charge >= 0.3 is 0 Å². The Kier molecular flexibility index (Phi) is 3.55. The van der Waals surface area contributed by atoms with Crippen LogP contribution in [0.2, 0.25) is 0 Å². The van der Waals surface area contributed by atoms with Crippen molar-refractivity contribution in [2.75, 3.05) is 7.05 Å². The maximum Gasteiger partial charge on any atom is 0.123 e. The molecule has 0 aliphatic carbocycles. The fourth-order valence-electron chi connectivity index (χ4n) is 1.91. The molecule has 2 aromatic rings. The highest BCUT2D eigenvalue weighted by Gasteiger charge is 2.05. The molecule has 0 spiro atoms. The van der Waals surface area contributed by atoms with Crippen LogP contribution in [0.15, 0.2) is 42.5 Å². The minimum Gasteiger partial charge on any atom is -0.316 e. The van der Waals surface area contributed by atoms with Gasteiger partial charge in [-0.2, -0.15) is 0 Å². The van der Waals surface area contributed by atoms with Crippen molar-refractivity contribution in [3.8, 4) is 11.1 Å². The van der Waals surface area contributed by atoms with E-state index in [1.54, 1.807) is 6.07 Å². The summed E-state index contributed by atoms with van der Waals surface area (Å²) in [6.45, 7) is 2.73. The molecule has 0 saturated heterocycles. The molecular weight excluding hydrogens is 213 g/mol. The van der Waals surface area contributed by atoms with E-state index >= 15 is 0 Å². The summed E-state index contributed by atoms with van der Waals surface area (Å²) < 4.78 is 13.2. The lowest BCUT2D eigenvalue weighted by atomic mass is 9.98. The molecule has 0 saturated carbocycles. The number of hydrogen-bond acceptors (Lipinski definition) is 1. The van der Waals surface area contributed by atoms with Crippen molar-refractivity contribution in [2.24, 2.45) is 0 Å². The van der Waals surface area contributed by atoms with Gasteiger partial charge in [-0.05, 0) is 42.8 Å². The average Bonchev–Trinajstić information content (AvgIpc) is 2.31. The predicted molar refractivity (Wildman–Crippen MR) is 69.3 cm³/mol. The van der Waals surface area contributed by atoms with Crippen LogP contribution in [0.25, 0.3) is 11.1 Å². The van der Waals surface area contributed by atoms with Gasteiger partial charge in [0.2, 0.25) is 0 Å². The maximum absolute atomic E-state index is 13.2. The van der Waals surface area contributed by atoms with E-state index in [1.165, 1.54) is 11.6 Å². The first-order chi connectivity index (χ1) is 8.20. The van der Waals surface area contributed by atoms with Crippen molar-refractivity contribution in [1.82, 2.24) is 5.32 Å². The number of nitrogens with one attached hydrogen (secondary N) is 1. The van der Waals surface area contributed by atoms with Crippen LogP contribution in [0.1, 0.15) is 11.1 Å². The molecule has 2 rings (SSSR count). The molecule has 0 aliphatic rings. The highest BCUT2D eigenvalue weighted by atomic mass is 19.1. The zero-order valence-electron chi connectivity index (χ0n) is 10.1. The number of halogens is 1. The Morgan fingerprint density at radius 2 is 1.76 bits per heavy atom. The monoisotopic (exact) mass is 229 g/mol. The largest absolute Gasteiger partial charge is 0.316 e. The third-order valence-electron chi connectivity index (χ3n) is 2.80. The molecule has 0 aliphatic heterocycles. The molecule has 0 aromatic heterocycles. The number of rotatable bonds is 3. The Bertz CT molecular complexity index is 503.